The highest BCUT2D eigenvalue weighted by Crippen LogP contribution is 2.22. The average molecular weight is 376 g/mol. The van der Waals surface area contributed by atoms with Crippen LogP contribution in [0.5, 0.6) is 0 Å². The molecular formula is C15H10ClN5O5. The second-order valence-corrected chi connectivity index (χ2v) is 5.71. The maximum absolute atomic E-state index is 12.2. The van der Waals surface area contributed by atoms with Crippen molar-refractivity contribution in [3.63, 3.8) is 0 Å². The average Bonchev–Trinajstić information content (AvgIpc) is 3.01. The second-order valence-electron chi connectivity index (χ2n) is 5.28. The molecule has 0 aliphatic carbocycles. The molecule has 0 fully saturated rings. The van der Waals surface area contributed by atoms with E-state index in [-0.39, 0.29) is 12.1 Å². The first-order valence-electron chi connectivity index (χ1n) is 7.19. The summed E-state index contributed by atoms with van der Waals surface area (Å²) in [7, 11) is 0. The first-order chi connectivity index (χ1) is 12.3. The van der Waals surface area contributed by atoms with Crippen molar-refractivity contribution < 1.29 is 14.6 Å². The van der Waals surface area contributed by atoms with Gasteiger partial charge in [-0.1, -0.05) is 11.6 Å². The smallest absolute Gasteiger partial charge is 0.277 e. The molecule has 1 N–H and O–H groups in total. The van der Waals surface area contributed by atoms with E-state index in [0.717, 1.165) is 18.2 Å². The van der Waals surface area contributed by atoms with E-state index >= 15 is 0 Å². The van der Waals surface area contributed by atoms with Crippen molar-refractivity contribution in [1.29, 1.82) is 0 Å². The van der Waals surface area contributed by atoms with Gasteiger partial charge in [0, 0.05) is 29.5 Å². The maximum atomic E-state index is 12.2. The Labute approximate surface area is 150 Å². The molecule has 0 aliphatic rings. The van der Waals surface area contributed by atoms with Gasteiger partial charge < -0.3 is 9.72 Å². The number of hydrogen-bond donors (Lipinski definition) is 1. The number of nitro benzene ring substituents is 2. The molecule has 0 saturated heterocycles. The molecule has 2 aromatic heterocycles. The number of carbonyl (C=O) groups is 1. The molecule has 0 saturated carbocycles. The topological polar surface area (TPSA) is 133 Å². The van der Waals surface area contributed by atoms with Crippen molar-refractivity contribution in [2.75, 3.05) is 0 Å². The van der Waals surface area contributed by atoms with E-state index in [1.54, 1.807) is 28.9 Å². The van der Waals surface area contributed by atoms with Crippen molar-refractivity contribution in [1.82, 2.24) is 14.7 Å². The minimum Gasteiger partial charge on any atom is -0.346 e. The number of hydrogen-bond acceptors (Lipinski definition) is 6. The van der Waals surface area contributed by atoms with Crippen LogP contribution >= 0.6 is 11.6 Å². The normalized spacial score (nSPS) is 10.7. The molecule has 3 aromatic rings. The van der Waals surface area contributed by atoms with E-state index in [1.807, 2.05) is 0 Å². The highest BCUT2D eigenvalue weighted by molar-refractivity contribution is 6.30. The number of benzene rings is 1. The van der Waals surface area contributed by atoms with Gasteiger partial charge in [-0.05, 0) is 12.1 Å². The summed E-state index contributed by atoms with van der Waals surface area (Å²) in [6, 6.07) is 6.08. The van der Waals surface area contributed by atoms with Crippen LogP contribution < -0.4 is 5.32 Å². The maximum Gasteiger partial charge on any atom is 0.277 e. The van der Waals surface area contributed by atoms with Crippen molar-refractivity contribution in [2.45, 2.75) is 6.54 Å². The largest absolute Gasteiger partial charge is 0.346 e. The van der Waals surface area contributed by atoms with E-state index < -0.39 is 27.1 Å². The molecule has 10 nitrogen and oxygen atoms in total. The Bertz CT molecular complexity index is 1020. The lowest BCUT2D eigenvalue weighted by Gasteiger charge is -2.03. The Morgan fingerprint density at radius 3 is 2.42 bits per heavy atom. The number of non-ortho nitro benzene ring substituents is 2. The van der Waals surface area contributed by atoms with E-state index in [4.69, 9.17) is 11.6 Å². The standard InChI is InChI=1S/C15H10ClN5O5/c16-10-1-2-19-8-11(18-14(19)5-10)7-17-15(22)9-3-12(20(23)24)6-13(4-9)21(25)26/h1-6,8H,7H2,(H,17,22). The SMILES string of the molecule is O=C(NCc1cn2ccc(Cl)cc2n1)c1cc([N+](=O)[O-])cc([N+](=O)[O-])c1. The number of fused-ring (bicyclic) bond motifs is 1. The fourth-order valence-electron chi connectivity index (χ4n) is 2.30. The van der Waals surface area contributed by atoms with Crippen molar-refractivity contribution in [2.24, 2.45) is 0 Å². The zero-order valence-corrected chi connectivity index (χ0v) is 13.7. The number of nitrogens with one attached hydrogen (secondary N) is 1. The summed E-state index contributed by atoms with van der Waals surface area (Å²) in [5.74, 6) is -0.688. The summed E-state index contributed by atoms with van der Waals surface area (Å²) in [5.41, 5.74) is -0.135. The van der Waals surface area contributed by atoms with E-state index in [9.17, 15) is 25.0 Å². The van der Waals surface area contributed by atoms with Gasteiger partial charge in [-0.15, -0.1) is 0 Å². The number of imidazole rings is 1. The fraction of sp³-hybridized carbons (Fsp3) is 0.0667. The molecule has 0 spiro atoms. The summed E-state index contributed by atoms with van der Waals surface area (Å²) in [6.45, 7) is 0.0363. The number of halogens is 1. The van der Waals surface area contributed by atoms with Crippen LogP contribution in [-0.2, 0) is 6.54 Å². The van der Waals surface area contributed by atoms with Crippen LogP contribution in [0.1, 0.15) is 16.1 Å². The van der Waals surface area contributed by atoms with Gasteiger partial charge in [0.25, 0.3) is 17.3 Å². The number of rotatable bonds is 5. The van der Waals surface area contributed by atoms with Crippen LogP contribution in [0.2, 0.25) is 5.02 Å². The van der Waals surface area contributed by atoms with Crippen LogP contribution in [0.15, 0.2) is 42.7 Å². The van der Waals surface area contributed by atoms with Gasteiger partial charge in [-0.25, -0.2) is 4.98 Å². The third kappa shape index (κ3) is 3.59. The third-order valence-electron chi connectivity index (χ3n) is 3.49. The number of amides is 1. The first kappa shape index (κ1) is 17.3. The molecule has 1 aromatic carbocycles. The second kappa shape index (κ2) is 6.76. The highest BCUT2D eigenvalue weighted by atomic mass is 35.5. The molecule has 132 valence electrons. The summed E-state index contributed by atoms with van der Waals surface area (Å²) in [5, 5.41) is 24.8. The lowest BCUT2D eigenvalue weighted by molar-refractivity contribution is -0.394. The van der Waals surface area contributed by atoms with Crippen LogP contribution in [0.3, 0.4) is 0 Å². The fourth-order valence-corrected chi connectivity index (χ4v) is 2.46. The van der Waals surface area contributed by atoms with Gasteiger partial charge in [0.1, 0.15) is 5.65 Å². The predicted molar refractivity (Wildman–Crippen MR) is 91.1 cm³/mol. The summed E-state index contributed by atoms with van der Waals surface area (Å²) in [4.78, 5) is 36.7. The predicted octanol–water partition coefficient (Wildman–Crippen LogP) is 2.73. The number of nitrogens with zero attached hydrogens (tertiary/aromatic N) is 4. The molecular weight excluding hydrogens is 366 g/mol. The molecule has 0 unspecified atom stereocenters. The molecule has 0 bridgehead atoms. The van der Waals surface area contributed by atoms with Crippen LogP contribution in [0, 0.1) is 20.2 Å². The van der Waals surface area contributed by atoms with Crippen molar-refractivity contribution in [3.05, 3.63) is 79.2 Å². The highest BCUT2D eigenvalue weighted by Gasteiger charge is 2.20. The Morgan fingerprint density at radius 2 is 1.81 bits per heavy atom. The van der Waals surface area contributed by atoms with Gasteiger partial charge >= 0.3 is 0 Å². The number of carbonyl (C=O) groups excluding carboxylic acids is 1. The Balaban J connectivity index is 1.80. The zero-order valence-electron chi connectivity index (χ0n) is 13.0. The quantitative estimate of drug-likeness (QED) is 0.538. The first-order valence-corrected chi connectivity index (χ1v) is 7.56. The zero-order chi connectivity index (χ0) is 18.8. The van der Waals surface area contributed by atoms with Crippen molar-refractivity contribution >= 4 is 34.5 Å². The lowest BCUT2D eigenvalue weighted by atomic mass is 10.1. The van der Waals surface area contributed by atoms with Gasteiger partial charge in [0.05, 0.1) is 33.7 Å². The van der Waals surface area contributed by atoms with Gasteiger partial charge in [-0.3, -0.25) is 25.0 Å². The number of nitro groups is 2. The van der Waals surface area contributed by atoms with E-state index in [0.29, 0.717) is 16.4 Å². The molecule has 0 aliphatic heterocycles. The minimum absolute atomic E-state index is 0.0363. The Kier molecular flexibility index (Phi) is 4.50. The molecule has 1 amide bonds. The van der Waals surface area contributed by atoms with Gasteiger partial charge in [0.2, 0.25) is 0 Å². The Morgan fingerprint density at radius 1 is 1.15 bits per heavy atom. The Hall–Kier alpha value is -3.53. The van der Waals surface area contributed by atoms with E-state index in [2.05, 4.69) is 10.3 Å². The molecule has 26 heavy (non-hydrogen) atoms. The molecule has 0 atom stereocenters. The number of pyridine rings is 1. The molecule has 2 heterocycles. The molecule has 0 radical (unpaired) electrons. The third-order valence-corrected chi connectivity index (χ3v) is 3.72. The monoisotopic (exact) mass is 375 g/mol. The van der Waals surface area contributed by atoms with Crippen LogP contribution in [0.4, 0.5) is 11.4 Å². The van der Waals surface area contributed by atoms with Crippen molar-refractivity contribution in [3.8, 4) is 0 Å². The molecule has 11 heteroatoms. The summed E-state index contributed by atoms with van der Waals surface area (Å²) < 4.78 is 1.71. The summed E-state index contributed by atoms with van der Waals surface area (Å²) >= 11 is 5.88. The van der Waals surface area contributed by atoms with Crippen LogP contribution in [-0.4, -0.2) is 25.1 Å². The lowest BCUT2D eigenvalue weighted by Crippen LogP contribution is -2.23. The van der Waals surface area contributed by atoms with E-state index in [1.165, 1.54) is 0 Å². The van der Waals surface area contributed by atoms with Crippen LogP contribution in [0.25, 0.3) is 5.65 Å². The van der Waals surface area contributed by atoms with Gasteiger partial charge in [-0.2, -0.15) is 0 Å². The van der Waals surface area contributed by atoms with Gasteiger partial charge in [0.15, 0.2) is 0 Å². The number of aromatic nitrogens is 2. The molecule has 3 rings (SSSR count). The minimum atomic E-state index is -0.796. The summed E-state index contributed by atoms with van der Waals surface area (Å²) in [6.07, 6.45) is 3.39.